The lowest BCUT2D eigenvalue weighted by atomic mass is 9.85. The number of amides is 2. The summed E-state index contributed by atoms with van der Waals surface area (Å²) in [6, 6.07) is 6.67. The van der Waals surface area contributed by atoms with Crippen molar-refractivity contribution in [2.24, 2.45) is 28.8 Å². The van der Waals surface area contributed by atoms with Crippen molar-refractivity contribution >= 4 is 18.0 Å². The van der Waals surface area contributed by atoms with Crippen molar-refractivity contribution in [3.05, 3.63) is 42.0 Å². The lowest BCUT2D eigenvalue weighted by Crippen LogP contribution is -2.28. The van der Waals surface area contributed by atoms with Gasteiger partial charge in [0, 0.05) is 5.56 Å². The Labute approximate surface area is 121 Å². The fourth-order valence-corrected chi connectivity index (χ4v) is 3.72. The van der Waals surface area contributed by atoms with Gasteiger partial charge in [-0.1, -0.05) is 24.3 Å². The van der Waals surface area contributed by atoms with Gasteiger partial charge in [0.1, 0.15) is 5.75 Å². The van der Waals surface area contributed by atoms with Crippen molar-refractivity contribution in [1.82, 2.24) is 5.01 Å². The van der Waals surface area contributed by atoms with Crippen LogP contribution in [0.4, 0.5) is 0 Å². The van der Waals surface area contributed by atoms with E-state index in [4.69, 9.17) is 0 Å². The Morgan fingerprint density at radius 1 is 1.10 bits per heavy atom. The van der Waals surface area contributed by atoms with E-state index in [1.807, 2.05) is 12.2 Å². The third kappa shape index (κ3) is 1.67. The predicted octanol–water partition coefficient (Wildman–Crippen LogP) is 1.53. The zero-order valence-electron chi connectivity index (χ0n) is 11.2. The standard InChI is InChI=1S/C16H14N2O3/c19-12-4-2-1-3-11(12)8-17-18-15(20)13-9-5-6-10(7-9)14(13)16(18)21/h1-6,8-10,13-14,19H,7H2/b17-8+. The average Bonchev–Trinajstić information content (AvgIpc) is 3.14. The molecule has 1 heterocycles. The molecule has 4 atom stereocenters. The van der Waals surface area contributed by atoms with Crippen LogP contribution < -0.4 is 0 Å². The Hall–Kier alpha value is -2.43. The van der Waals surface area contributed by atoms with Gasteiger partial charge in [-0.2, -0.15) is 10.1 Å². The first-order valence-electron chi connectivity index (χ1n) is 7.05. The second-order valence-corrected chi connectivity index (χ2v) is 5.79. The minimum atomic E-state index is -0.242. The number of carbonyl (C=O) groups excluding carboxylic acids is 2. The van der Waals surface area contributed by atoms with E-state index >= 15 is 0 Å². The number of phenolic OH excluding ortho intramolecular Hbond substituents is 1. The molecular formula is C16H14N2O3. The van der Waals surface area contributed by atoms with Crippen LogP contribution in [-0.2, 0) is 9.59 Å². The first-order valence-corrected chi connectivity index (χ1v) is 7.05. The van der Waals surface area contributed by atoms with Crippen LogP contribution in [0, 0.1) is 23.7 Å². The highest BCUT2D eigenvalue weighted by Gasteiger charge is 2.59. The maximum Gasteiger partial charge on any atom is 0.254 e. The van der Waals surface area contributed by atoms with E-state index in [-0.39, 0.29) is 41.2 Å². The largest absolute Gasteiger partial charge is 0.507 e. The van der Waals surface area contributed by atoms with Crippen LogP contribution in [0.3, 0.4) is 0 Å². The molecule has 2 fully saturated rings. The van der Waals surface area contributed by atoms with Crippen molar-refractivity contribution < 1.29 is 14.7 Å². The van der Waals surface area contributed by atoms with E-state index in [1.165, 1.54) is 12.3 Å². The fourth-order valence-electron chi connectivity index (χ4n) is 3.72. The lowest BCUT2D eigenvalue weighted by Gasteiger charge is -2.13. The number of rotatable bonds is 2. The molecule has 1 N–H and O–H groups in total. The van der Waals surface area contributed by atoms with Crippen LogP contribution in [0.5, 0.6) is 5.75 Å². The molecule has 4 unspecified atom stereocenters. The van der Waals surface area contributed by atoms with E-state index in [9.17, 15) is 14.7 Å². The summed E-state index contributed by atoms with van der Waals surface area (Å²) in [5.74, 6) is -0.476. The molecule has 5 heteroatoms. The van der Waals surface area contributed by atoms with Crippen LogP contribution in [0.2, 0.25) is 0 Å². The molecule has 1 aromatic rings. The van der Waals surface area contributed by atoms with Crippen LogP contribution in [0.25, 0.3) is 0 Å². The SMILES string of the molecule is O=C1C2C3C=CC(C3)C2C(=O)N1/N=C/c1ccccc1O. The van der Waals surface area contributed by atoms with Crippen LogP contribution in [-0.4, -0.2) is 28.1 Å². The third-order valence-corrected chi connectivity index (χ3v) is 4.70. The van der Waals surface area contributed by atoms with Crippen molar-refractivity contribution in [2.75, 3.05) is 0 Å². The smallest absolute Gasteiger partial charge is 0.254 e. The van der Waals surface area contributed by atoms with Gasteiger partial charge in [0.15, 0.2) is 0 Å². The summed E-state index contributed by atoms with van der Waals surface area (Å²) in [7, 11) is 0. The molecule has 1 saturated heterocycles. The Bertz CT molecular complexity index is 665. The normalized spacial score (nSPS) is 33.4. The lowest BCUT2D eigenvalue weighted by molar-refractivity contribution is -0.140. The fraction of sp³-hybridized carbons (Fsp3) is 0.312. The van der Waals surface area contributed by atoms with Crippen LogP contribution in [0.15, 0.2) is 41.5 Å². The maximum absolute atomic E-state index is 12.4. The quantitative estimate of drug-likeness (QED) is 0.508. The zero-order valence-corrected chi connectivity index (χ0v) is 11.2. The summed E-state index contributed by atoms with van der Waals surface area (Å²) in [4.78, 5) is 24.8. The van der Waals surface area contributed by atoms with Crippen LogP contribution >= 0.6 is 0 Å². The summed E-state index contributed by atoms with van der Waals surface area (Å²) < 4.78 is 0. The molecule has 106 valence electrons. The Morgan fingerprint density at radius 2 is 1.71 bits per heavy atom. The molecule has 3 aliphatic rings. The van der Waals surface area contributed by atoms with Crippen LogP contribution in [0.1, 0.15) is 12.0 Å². The molecule has 5 nitrogen and oxygen atoms in total. The number of para-hydroxylation sites is 1. The highest BCUT2D eigenvalue weighted by atomic mass is 16.3. The summed E-state index contributed by atoms with van der Waals surface area (Å²) >= 11 is 0. The molecule has 0 spiro atoms. The number of fused-ring (bicyclic) bond motifs is 5. The Kier molecular flexibility index (Phi) is 2.51. The Morgan fingerprint density at radius 3 is 2.33 bits per heavy atom. The number of nitrogens with zero attached hydrogens (tertiary/aromatic N) is 2. The Balaban J connectivity index is 1.62. The zero-order chi connectivity index (χ0) is 14.6. The molecule has 2 aliphatic carbocycles. The number of aromatic hydroxyl groups is 1. The molecule has 4 rings (SSSR count). The minimum absolute atomic E-state index is 0.0716. The number of hydrogen-bond acceptors (Lipinski definition) is 4. The molecule has 0 radical (unpaired) electrons. The summed E-state index contributed by atoms with van der Waals surface area (Å²) in [6.07, 6.45) is 6.37. The van der Waals surface area contributed by atoms with Gasteiger partial charge < -0.3 is 5.11 Å². The number of benzene rings is 1. The van der Waals surface area contributed by atoms with E-state index in [2.05, 4.69) is 5.10 Å². The number of hydrogen-bond donors (Lipinski definition) is 1. The van der Waals surface area contributed by atoms with Crippen molar-refractivity contribution in [1.29, 1.82) is 0 Å². The average molecular weight is 282 g/mol. The van der Waals surface area contributed by atoms with E-state index in [1.54, 1.807) is 18.2 Å². The molecule has 21 heavy (non-hydrogen) atoms. The van der Waals surface area contributed by atoms with Gasteiger partial charge in [0.25, 0.3) is 11.8 Å². The van der Waals surface area contributed by atoms with E-state index in [0.717, 1.165) is 11.4 Å². The van der Waals surface area contributed by atoms with Gasteiger partial charge in [-0.3, -0.25) is 9.59 Å². The van der Waals surface area contributed by atoms with E-state index < -0.39 is 0 Å². The number of allylic oxidation sites excluding steroid dienone is 2. The second-order valence-electron chi connectivity index (χ2n) is 5.79. The predicted molar refractivity (Wildman–Crippen MR) is 75.3 cm³/mol. The first-order chi connectivity index (χ1) is 10.2. The van der Waals surface area contributed by atoms with Crippen molar-refractivity contribution in [3.63, 3.8) is 0 Å². The molecule has 2 bridgehead atoms. The second kappa shape index (κ2) is 4.28. The summed E-state index contributed by atoms with van der Waals surface area (Å²) in [5, 5.41) is 14.7. The molecule has 2 amide bonds. The van der Waals surface area contributed by atoms with Gasteiger partial charge in [0.2, 0.25) is 0 Å². The molecular weight excluding hydrogens is 268 g/mol. The first kappa shape index (κ1) is 12.3. The van der Waals surface area contributed by atoms with Crippen molar-refractivity contribution in [3.8, 4) is 5.75 Å². The maximum atomic E-state index is 12.4. The number of carbonyl (C=O) groups is 2. The molecule has 0 aromatic heterocycles. The van der Waals surface area contributed by atoms with Gasteiger partial charge in [-0.15, -0.1) is 0 Å². The van der Waals surface area contributed by atoms with Gasteiger partial charge in [-0.05, 0) is 30.4 Å². The topological polar surface area (TPSA) is 70.0 Å². The highest BCUT2D eigenvalue weighted by molar-refractivity contribution is 6.06. The number of hydrazone groups is 1. The molecule has 1 aliphatic heterocycles. The highest BCUT2D eigenvalue weighted by Crippen LogP contribution is 2.52. The van der Waals surface area contributed by atoms with Crippen molar-refractivity contribution in [2.45, 2.75) is 6.42 Å². The molecule has 1 saturated carbocycles. The minimum Gasteiger partial charge on any atom is -0.507 e. The van der Waals surface area contributed by atoms with E-state index in [0.29, 0.717) is 5.56 Å². The summed E-state index contributed by atoms with van der Waals surface area (Å²) in [5.41, 5.74) is 0.483. The third-order valence-electron chi connectivity index (χ3n) is 4.70. The number of imide groups is 1. The number of phenols is 1. The van der Waals surface area contributed by atoms with Gasteiger partial charge >= 0.3 is 0 Å². The van der Waals surface area contributed by atoms with Gasteiger partial charge in [0.05, 0.1) is 18.1 Å². The summed E-state index contributed by atoms with van der Waals surface area (Å²) in [6.45, 7) is 0. The monoisotopic (exact) mass is 282 g/mol. The molecule has 1 aromatic carbocycles. The van der Waals surface area contributed by atoms with Gasteiger partial charge in [-0.25, -0.2) is 0 Å².